The molecule has 0 aliphatic carbocycles. The minimum atomic E-state index is -0.216. The van der Waals surface area contributed by atoms with Crippen LogP contribution in [0.15, 0.2) is 11.6 Å². The zero-order valence-electron chi connectivity index (χ0n) is 12.5. The highest BCUT2D eigenvalue weighted by Gasteiger charge is 2.09. The third-order valence-electron chi connectivity index (χ3n) is 3.00. The highest BCUT2D eigenvalue weighted by Crippen LogP contribution is 2.08. The van der Waals surface area contributed by atoms with Crippen LogP contribution in [0.2, 0.25) is 0 Å². The van der Waals surface area contributed by atoms with E-state index in [1.165, 1.54) is 25.7 Å². The van der Waals surface area contributed by atoms with Crippen LogP contribution in [0.5, 0.6) is 0 Å². The summed E-state index contributed by atoms with van der Waals surface area (Å²) in [6.07, 6.45) is 9.27. The Labute approximate surface area is 112 Å². The largest absolute Gasteiger partial charge is 0.364 e. The van der Waals surface area contributed by atoms with Crippen molar-refractivity contribution >= 4 is 5.97 Å². The van der Waals surface area contributed by atoms with Gasteiger partial charge in [0.05, 0.1) is 0 Å². The molecule has 18 heavy (non-hydrogen) atoms. The third-order valence-corrected chi connectivity index (χ3v) is 3.00. The molecule has 0 aromatic rings. The van der Waals surface area contributed by atoms with Crippen molar-refractivity contribution in [2.24, 2.45) is 0 Å². The van der Waals surface area contributed by atoms with Gasteiger partial charge in [0.25, 0.3) is 0 Å². The van der Waals surface area contributed by atoms with Crippen LogP contribution in [0.3, 0.4) is 0 Å². The molecule has 0 aromatic carbocycles. The number of allylic oxidation sites excluding steroid dienone is 1. The second kappa shape index (κ2) is 11.3. The van der Waals surface area contributed by atoms with E-state index in [-0.39, 0.29) is 5.97 Å². The Morgan fingerprint density at radius 1 is 1.06 bits per heavy atom. The number of carbonyl (C=O) groups is 1. The molecule has 0 unspecified atom stereocenters. The van der Waals surface area contributed by atoms with Gasteiger partial charge in [-0.3, -0.25) is 0 Å². The quantitative estimate of drug-likeness (QED) is 0.334. The van der Waals surface area contributed by atoms with Crippen LogP contribution in [-0.2, 0) is 9.63 Å². The van der Waals surface area contributed by atoms with Crippen molar-refractivity contribution in [1.29, 1.82) is 0 Å². The van der Waals surface area contributed by atoms with Gasteiger partial charge in [0.15, 0.2) is 0 Å². The third kappa shape index (κ3) is 8.29. The van der Waals surface area contributed by atoms with Crippen LogP contribution < -0.4 is 0 Å². The number of carbonyl (C=O) groups excluding carboxylic acids is 1. The van der Waals surface area contributed by atoms with E-state index in [1.807, 2.05) is 26.8 Å². The highest BCUT2D eigenvalue weighted by atomic mass is 16.7. The lowest BCUT2D eigenvalue weighted by molar-refractivity contribution is -0.183. The normalized spacial score (nSPS) is 11.9. The van der Waals surface area contributed by atoms with Crippen molar-refractivity contribution in [3.8, 4) is 0 Å². The minimum Gasteiger partial charge on any atom is -0.364 e. The zero-order chi connectivity index (χ0) is 13.8. The van der Waals surface area contributed by atoms with Gasteiger partial charge in [-0.15, -0.1) is 5.06 Å². The average molecular weight is 255 g/mol. The summed E-state index contributed by atoms with van der Waals surface area (Å²) in [5.74, 6) is -0.216. The Hall–Kier alpha value is -0.830. The van der Waals surface area contributed by atoms with E-state index < -0.39 is 0 Å². The van der Waals surface area contributed by atoms with Crippen LogP contribution in [0, 0.1) is 0 Å². The number of rotatable bonds is 10. The molecule has 0 aliphatic heterocycles. The summed E-state index contributed by atoms with van der Waals surface area (Å²) in [4.78, 5) is 16.9. The Bertz CT molecular complexity index is 245. The lowest BCUT2D eigenvalue weighted by atomic mass is 10.1. The molecule has 0 aromatic heterocycles. The van der Waals surface area contributed by atoms with E-state index >= 15 is 0 Å². The molecule has 0 spiro atoms. The van der Waals surface area contributed by atoms with Gasteiger partial charge in [0.1, 0.15) is 0 Å². The second-order valence-corrected chi connectivity index (χ2v) is 4.58. The molecule has 0 radical (unpaired) electrons. The van der Waals surface area contributed by atoms with Crippen LogP contribution >= 0.6 is 0 Å². The number of unbranched alkanes of at least 4 members (excludes halogenated alkanes) is 5. The number of hydrogen-bond acceptors (Lipinski definition) is 3. The van der Waals surface area contributed by atoms with Gasteiger partial charge in [0.2, 0.25) is 0 Å². The molecule has 0 saturated heterocycles. The molecule has 0 bridgehead atoms. The monoisotopic (exact) mass is 255 g/mol. The summed E-state index contributed by atoms with van der Waals surface area (Å²) in [6.45, 7) is 9.46. The van der Waals surface area contributed by atoms with Gasteiger partial charge in [-0.25, -0.2) is 4.79 Å². The molecule has 0 amide bonds. The maximum Gasteiger partial charge on any atom is 0.352 e. The zero-order valence-corrected chi connectivity index (χ0v) is 12.5. The van der Waals surface area contributed by atoms with E-state index in [1.54, 1.807) is 5.06 Å². The molecular weight excluding hydrogens is 226 g/mol. The lowest BCUT2D eigenvalue weighted by Crippen LogP contribution is -2.27. The first-order valence-corrected chi connectivity index (χ1v) is 7.29. The summed E-state index contributed by atoms with van der Waals surface area (Å²) in [5, 5.41) is 1.67. The van der Waals surface area contributed by atoms with Gasteiger partial charge in [-0.2, -0.15) is 0 Å². The fourth-order valence-electron chi connectivity index (χ4n) is 1.69. The highest BCUT2D eigenvalue weighted by molar-refractivity contribution is 5.87. The fraction of sp³-hybridized carbons (Fsp3) is 0.800. The summed E-state index contributed by atoms with van der Waals surface area (Å²) in [6, 6.07) is 0. The maximum atomic E-state index is 11.7. The first-order chi connectivity index (χ1) is 8.65. The van der Waals surface area contributed by atoms with Gasteiger partial charge >= 0.3 is 5.97 Å². The first-order valence-electron chi connectivity index (χ1n) is 7.29. The molecule has 0 aliphatic rings. The molecule has 0 fully saturated rings. The van der Waals surface area contributed by atoms with Crippen LogP contribution in [0.4, 0.5) is 0 Å². The van der Waals surface area contributed by atoms with E-state index in [9.17, 15) is 4.79 Å². The van der Waals surface area contributed by atoms with Crippen molar-refractivity contribution in [2.75, 3.05) is 13.1 Å². The summed E-state index contributed by atoms with van der Waals surface area (Å²) in [5.41, 5.74) is 0.720. The van der Waals surface area contributed by atoms with Gasteiger partial charge in [-0.05, 0) is 33.6 Å². The molecule has 0 atom stereocenters. The summed E-state index contributed by atoms with van der Waals surface area (Å²) >= 11 is 0. The number of nitrogens with zero attached hydrogens (tertiary/aromatic N) is 1. The Morgan fingerprint density at radius 3 is 2.22 bits per heavy atom. The van der Waals surface area contributed by atoms with Crippen molar-refractivity contribution in [3.05, 3.63) is 11.6 Å². The van der Waals surface area contributed by atoms with Crippen molar-refractivity contribution in [3.63, 3.8) is 0 Å². The predicted octanol–water partition coefficient (Wildman–Crippen LogP) is 4.09. The van der Waals surface area contributed by atoms with Crippen molar-refractivity contribution in [2.45, 2.75) is 66.2 Å². The van der Waals surface area contributed by atoms with Gasteiger partial charge < -0.3 is 4.84 Å². The van der Waals surface area contributed by atoms with E-state index in [4.69, 9.17) is 4.84 Å². The SMILES string of the molecule is CCCCCCCC=C(C)C(=O)ON(CC)CC. The molecule has 0 N–H and O–H groups in total. The van der Waals surface area contributed by atoms with Crippen molar-refractivity contribution in [1.82, 2.24) is 5.06 Å². The summed E-state index contributed by atoms with van der Waals surface area (Å²) in [7, 11) is 0. The standard InChI is InChI=1S/C15H29NO2/c1-5-8-9-10-11-12-13-14(4)15(17)18-16(6-2)7-3/h13H,5-12H2,1-4H3. The first kappa shape index (κ1) is 17.2. The summed E-state index contributed by atoms with van der Waals surface area (Å²) < 4.78 is 0. The number of hydrogen-bond donors (Lipinski definition) is 0. The number of hydroxylamine groups is 2. The molecular formula is C15H29NO2. The molecule has 0 rings (SSSR count). The van der Waals surface area contributed by atoms with Crippen molar-refractivity contribution < 1.29 is 9.63 Å². The Kier molecular flexibility index (Phi) is 10.8. The molecule has 3 heteroatoms. The van der Waals surface area contributed by atoms with E-state index in [0.29, 0.717) is 0 Å². The topological polar surface area (TPSA) is 29.5 Å². The van der Waals surface area contributed by atoms with E-state index in [2.05, 4.69) is 6.92 Å². The average Bonchev–Trinajstić information content (AvgIpc) is 2.39. The van der Waals surface area contributed by atoms with Gasteiger partial charge in [0, 0.05) is 18.7 Å². The van der Waals surface area contributed by atoms with Gasteiger partial charge in [-0.1, -0.05) is 38.7 Å². The Morgan fingerprint density at radius 2 is 1.67 bits per heavy atom. The lowest BCUT2D eigenvalue weighted by Gasteiger charge is -2.17. The minimum absolute atomic E-state index is 0.216. The van der Waals surface area contributed by atoms with E-state index in [0.717, 1.165) is 31.5 Å². The molecule has 0 saturated carbocycles. The predicted molar refractivity (Wildman–Crippen MR) is 76.1 cm³/mol. The Balaban J connectivity index is 3.83. The van der Waals surface area contributed by atoms with Crippen LogP contribution in [0.25, 0.3) is 0 Å². The van der Waals surface area contributed by atoms with Crippen LogP contribution in [-0.4, -0.2) is 24.1 Å². The second-order valence-electron chi connectivity index (χ2n) is 4.58. The fourth-order valence-corrected chi connectivity index (χ4v) is 1.69. The molecule has 3 nitrogen and oxygen atoms in total. The smallest absolute Gasteiger partial charge is 0.352 e. The molecule has 106 valence electrons. The maximum absolute atomic E-state index is 11.7. The molecule has 0 heterocycles. The van der Waals surface area contributed by atoms with Crippen LogP contribution in [0.1, 0.15) is 66.2 Å².